The number of anilines is 1. The van der Waals surface area contributed by atoms with Gasteiger partial charge in [-0.3, -0.25) is 4.79 Å². The minimum absolute atomic E-state index is 0.0577. The molecule has 0 bridgehead atoms. The van der Waals surface area contributed by atoms with E-state index in [1.165, 1.54) is 0 Å². The van der Waals surface area contributed by atoms with E-state index in [0.29, 0.717) is 6.42 Å². The van der Waals surface area contributed by atoms with Crippen LogP contribution in [0.5, 0.6) is 0 Å². The van der Waals surface area contributed by atoms with E-state index >= 15 is 0 Å². The van der Waals surface area contributed by atoms with Crippen LogP contribution in [0.1, 0.15) is 26.7 Å². The first-order chi connectivity index (χ1) is 7.72. The second-order valence-electron chi connectivity index (χ2n) is 3.97. The highest BCUT2D eigenvalue weighted by Gasteiger charge is 2.07. The molecule has 3 nitrogen and oxygen atoms in total. The second kappa shape index (κ2) is 7.01. The average Bonchev–Trinajstić information content (AvgIpc) is 2.27. The van der Waals surface area contributed by atoms with Crippen molar-refractivity contribution in [1.29, 1.82) is 0 Å². The molecule has 0 unspecified atom stereocenters. The lowest BCUT2D eigenvalue weighted by Gasteiger charge is -2.12. The van der Waals surface area contributed by atoms with Crippen LogP contribution in [0.4, 0.5) is 5.69 Å². The van der Waals surface area contributed by atoms with Crippen LogP contribution < -0.4 is 10.6 Å². The number of para-hydroxylation sites is 1. The van der Waals surface area contributed by atoms with Crippen molar-refractivity contribution in [2.24, 2.45) is 0 Å². The van der Waals surface area contributed by atoms with Crippen LogP contribution in [-0.4, -0.2) is 18.5 Å². The number of rotatable bonds is 6. The van der Waals surface area contributed by atoms with Gasteiger partial charge in [-0.1, -0.05) is 25.1 Å². The standard InChI is InChI=1S/C13H20N2O/c1-3-9-14-11(2)10-13(16)15-12-7-5-4-6-8-12/h4-8,11,14H,3,9-10H2,1-2H3,(H,15,16)/t11-/m1/s1. The summed E-state index contributed by atoms with van der Waals surface area (Å²) in [6, 6.07) is 9.76. The first-order valence-electron chi connectivity index (χ1n) is 5.80. The molecule has 88 valence electrons. The summed E-state index contributed by atoms with van der Waals surface area (Å²) in [5, 5.41) is 6.16. The normalized spacial score (nSPS) is 12.1. The predicted octanol–water partition coefficient (Wildman–Crippen LogP) is 2.40. The summed E-state index contributed by atoms with van der Waals surface area (Å²) in [5.74, 6) is 0.0577. The predicted molar refractivity (Wildman–Crippen MR) is 67.4 cm³/mol. The van der Waals surface area contributed by atoms with Crippen molar-refractivity contribution in [3.05, 3.63) is 30.3 Å². The first-order valence-corrected chi connectivity index (χ1v) is 5.80. The molecule has 0 fully saturated rings. The van der Waals surface area contributed by atoms with E-state index < -0.39 is 0 Å². The minimum Gasteiger partial charge on any atom is -0.326 e. The fraction of sp³-hybridized carbons (Fsp3) is 0.462. The number of amides is 1. The Kier molecular flexibility index (Phi) is 5.57. The third-order valence-electron chi connectivity index (χ3n) is 2.29. The Balaban J connectivity index is 2.31. The maximum absolute atomic E-state index is 11.6. The van der Waals surface area contributed by atoms with Gasteiger partial charge in [0.05, 0.1) is 0 Å². The first kappa shape index (κ1) is 12.7. The molecule has 1 rings (SSSR count). The van der Waals surface area contributed by atoms with E-state index in [4.69, 9.17) is 0 Å². The summed E-state index contributed by atoms with van der Waals surface area (Å²) >= 11 is 0. The largest absolute Gasteiger partial charge is 0.326 e. The average molecular weight is 220 g/mol. The molecule has 1 amide bonds. The van der Waals surface area contributed by atoms with E-state index in [1.807, 2.05) is 37.3 Å². The lowest BCUT2D eigenvalue weighted by molar-refractivity contribution is -0.116. The fourth-order valence-electron chi connectivity index (χ4n) is 1.47. The molecule has 2 N–H and O–H groups in total. The monoisotopic (exact) mass is 220 g/mol. The minimum atomic E-state index is 0.0577. The third-order valence-corrected chi connectivity index (χ3v) is 2.29. The second-order valence-corrected chi connectivity index (χ2v) is 3.97. The molecule has 0 aliphatic heterocycles. The van der Waals surface area contributed by atoms with Gasteiger partial charge in [0.25, 0.3) is 0 Å². The molecule has 0 spiro atoms. The van der Waals surface area contributed by atoms with Gasteiger partial charge in [0.2, 0.25) is 5.91 Å². The molecular formula is C13H20N2O. The van der Waals surface area contributed by atoms with Crippen molar-refractivity contribution < 1.29 is 4.79 Å². The number of carbonyl (C=O) groups is 1. The SMILES string of the molecule is CCCN[C@H](C)CC(=O)Nc1ccccc1. The van der Waals surface area contributed by atoms with Gasteiger partial charge in [0.1, 0.15) is 0 Å². The molecule has 16 heavy (non-hydrogen) atoms. The Labute approximate surface area is 97.2 Å². The van der Waals surface area contributed by atoms with E-state index in [9.17, 15) is 4.79 Å². The van der Waals surface area contributed by atoms with Gasteiger partial charge < -0.3 is 10.6 Å². The van der Waals surface area contributed by atoms with Crippen molar-refractivity contribution in [3.8, 4) is 0 Å². The van der Waals surface area contributed by atoms with Gasteiger partial charge in [-0.25, -0.2) is 0 Å². The van der Waals surface area contributed by atoms with Crippen molar-refractivity contribution in [1.82, 2.24) is 5.32 Å². The van der Waals surface area contributed by atoms with E-state index in [0.717, 1.165) is 18.7 Å². The Morgan fingerprint density at radius 1 is 1.31 bits per heavy atom. The van der Waals surface area contributed by atoms with Crippen LogP contribution in [0, 0.1) is 0 Å². The molecule has 1 aromatic carbocycles. The summed E-state index contributed by atoms with van der Waals surface area (Å²) in [6.07, 6.45) is 1.60. The summed E-state index contributed by atoms with van der Waals surface area (Å²) in [7, 11) is 0. The summed E-state index contributed by atoms with van der Waals surface area (Å²) < 4.78 is 0. The zero-order valence-corrected chi connectivity index (χ0v) is 9.99. The zero-order chi connectivity index (χ0) is 11.8. The van der Waals surface area contributed by atoms with Crippen LogP contribution in [0.25, 0.3) is 0 Å². The van der Waals surface area contributed by atoms with Crippen LogP contribution in [0.15, 0.2) is 30.3 Å². The summed E-state index contributed by atoms with van der Waals surface area (Å²) in [6.45, 7) is 5.10. The van der Waals surface area contributed by atoms with Gasteiger partial charge in [0, 0.05) is 18.2 Å². The molecule has 1 aromatic rings. The molecule has 0 saturated carbocycles. The van der Waals surface area contributed by atoms with Gasteiger partial charge in [0.15, 0.2) is 0 Å². The molecule has 0 radical (unpaired) electrons. The van der Waals surface area contributed by atoms with Crippen molar-refractivity contribution in [3.63, 3.8) is 0 Å². The molecule has 0 aromatic heterocycles. The van der Waals surface area contributed by atoms with Crippen molar-refractivity contribution in [2.45, 2.75) is 32.7 Å². The Morgan fingerprint density at radius 3 is 2.62 bits per heavy atom. The van der Waals surface area contributed by atoms with E-state index in [1.54, 1.807) is 0 Å². The molecule has 0 aliphatic carbocycles. The number of nitrogens with one attached hydrogen (secondary N) is 2. The maximum Gasteiger partial charge on any atom is 0.225 e. The highest BCUT2D eigenvalue weighted by Crippen LogP contribution is 2.06. The van der Waals surface area contributed by atoms with Crippen LogP contribution in [-0.2, 0) is 4.79 Å². The quantitative estimate of drug-likeness (QED) is 0.773. The Bertz CT molecular complexity index is 311. The number of carbonyl (C=O) groups excluding carboxylic acids is 1. The smallest absolute Gasteiger partial charge is 0.225 e. The van der Waals surface area contributed by atoms with Gasteiger partial charge in [-0.15, -0.1) is 0 Å². The van der Waals surface area contributed by atoms with Crippen LogP contribution in [0.3, 0.4) is 0 Å². The Hall–Kier alpha value is -1.35. The molecule has 3 heteroatoms. The molecule has 0 heterocycles. The van der Waals surface area contributed by atoms with Crippen molar-refractivity contribution in [2.75, 3.05) is 11.9 Å². The Morgan fingerprint density at radius 2 is 2.00 bits per heavy atom. The maximum atomic E-state index is 11.6. The fourth-order valence-corrected chi connectivity index (χ4v) is 1.47. The topological polar surface area (TPSA) is 41.1 Å². The summed E-state index contributed by atoms with van der Waals surface area (Å²) in [4.78, 5) is 11.6. The number of hydrogen-bond donors (Lipinski definition) is 2. The van der Waals surface area contributed by atoms with Crippen LogP contribution >= 0.6 is 0 Å². The van der Waals surface area contributed by atoms with E-state index in [2.05, 4.69) is 17.6 Å². The van der Waals surface area contributed by atoms with Gasteiger partial charge in [-0.2, -0.15) is 0 Å². The highest BCUT2D eigenvalue weighted by molar-refractivity contribution is 5.90. The van der Waals surface area contributed by atoms with E-state index in [-0.39, 0.29) is 11.9 Å². The molecule has 0 aliphatic rings. The number of benzene rings is 1. The molecule has 0 saturated heterocycles. The highest BCUT2D eigenvalue weighted by atomic mass is 16.1. The molecule has 1 atom stereocenters. The van der Waals surface area contributed by atoms with Gasteiger partial charge in [-0.05, 0) is 32.0 Å². The summed E-state index contributed by atoms with van der Waals surface area (Å²) in [5.41, 5.74) is 0.857. The lowest BCUT2D eigenvalue weighted by atomic mass is 10.2. The van der Waals surface area contributed by atoms with Gasteiger partial charge >= 0.3 is 0 Å². The lowest BCUT2D eigenvalue weighted by Crippen LogP contribution is -2.31. The van der Waals surface area contributed by atoms with Crippen molar-refractivity contribution >= 4 is 11.6 Å². The van der Waals surface area contributed by atoms with Crippen LogP contribution in [0.2, 0.25) is 0 Å². The zero-order valence-electron chi connectivity index (χ0n) is 9.99. The number of hydrogen-bond acceptors (Lipinski definition) is 2. The molecular weight excluding hydrogens is 200 g/mol. The third kappa shape index (κ3) is 4.94.